The van der Waals surface area contributed by atoms with E-state index >= 15 is 0 Å². The van der Waals surface area contributed by atoms with Crippen molar-refractivity contribution in [1.29, 1.82) is 0 Å². The van der Waals surface area contributed by atoms with Crippen molar-refractivity contribution in [3.05, 3.63) is 46.1 Å². The van der Waals surface area contributed by atoms with Crippen LogP contribution >= 0.6 is 23.5 Å². The Morgan fingerprint density at radius 1 is 1.25 bits per heavy atom. The summed E-state index contributed by atoms with van der Waals surface area (Å²) in [6.45, 7) is 3.67. The number of likely N-dealkylation sites (tertiary alicyclic amines) is 1. The summed E-state index contributed by atoms with van der Waals surface area (Å²) in [6.07, 6.45) is 4.00. The molecule has 2 aliphatic heterocycles. The average molecular weight is 420 g/mol. The second kappa shape index (κ2) is 8.29. The number of rotatable bonds is 4. The van der Waals surface area contributed by atoms with E-state index < -0.39 is 0 Å². The van der Waals surface area contributed by atoms with Crippen LogP contribution in [0, 0.1) is 5.82 Å². The van der Waals surface area contributed by atoms with Crippen molar-refractivity contribution < 1.29 is 9.18 Å². The van der Waals surface area contributed by atoms with Gasteiger partial charge in [-0.25, -0.2) is 9.37 Å². The van der Waals surface area contributed by atoms with Crippen LogP contribution in [-0.2, 0) is 11.2 Å². The molecule has 148 valence electrons. The number of halogens is 1. The third-order valence-corrected chi connectivity index (χ3v) is 7.14. The van der Waals surface area contributed by atoms with Crippen molar-refractivity contribution in [1.82, 2.24) is 14.5 Å². The maximum atomic E-state index is 13.4. The first-order valence-corrected chi connectivity index (χ1v) is 11.4. The first kappa shape index (κ1) is 19.5. The molecule has 1 fully saturated rings. The lowest BCUT2D eigenvalue weighted by atomic mass is 10.1. The number of fused-ring (bicyclic) bond motifs is 1. The Balaban J connectivity index is 1.66. The molecule has 0 aliphatic carbocycles. The molecule has 1 unspecified atom stereocenters. The standard InChI is InChI=1S/C20H22FN3O2S2/c1-13-11-16-18(28-13)19(26)24(15-7-5-14(21)6-8-15)20(22-16)27-12-17(25)23-9-3-2-4-10-23/h5-8,13H,2-4,9-12H2,1H3. The number of nitrogens with zero attached hydrogens (tertiary/aromatic N) is 3. The van der Waals surface area contributed by atoms with Crippen LogP contribution in [0.3, 0.4) is 0 Å². The van der Waals surface area contributed by atoms with Gasteiger partial charge in [0, 0.05) is 24.8 Å². The minimum Gasteiger partial charge on any atom is -0.342 e. The fourth-order valence-corrected chi connectivity index (χ4v) is 5.60. The van der Waals surface area contributed by atoms with E-state index in [1.54, 1.807) is 12.1 Å². The zero-order valence-corrected chi connectivity index (χ0v) is 17.3. The minimum atomic E-state index is -0.358. The molecule has 1 aromatic heterocycles. The van der Waals surface area contributed by atoms with Crippen molar-refractivity contribution in [2.45, 2.75) is 47.9 Å². The van der Waals surface area contributed by atoms with Crippen molar-refractivity contribution in [3.63, 3.8) is 0 Å². The topological polar surface area (TPSA) is 55.2 Å². The lowest BCUT2D eigenvalue weighted by Gasteiger charge is -2.26. The molecule has 5 nitrogen and oxygen atoms in total. The van der Waals surface area contributed by atoms with E-state index in [4.69, 9.17) is 4.98 Å². The van der Waals surface area contributed by atoms with Crippen molar-refractivity contribution in [2.24, 2.45) is 0 Å². The summed E-state index contributed by atoms with van der Waals surface area (Å²) in [5.74, 6) is -0.0361. The Morgan fingerprint density at radius 2 is 1.96 bits per heavy atom. The van der Waals surface area contributed by atoms with Gasteiger partial charge in [-0.1, -0.05) is 18.7 Å². The summed E-state index contributed by atoms with van der Waals surface area (Å²) in [6, 6.07) is 5.81. The van der Waals surface area contributed by atoms with E-state index in [1.165, 1.54) is 46.6 Å². The molecule has 1 amide bonds. The molecule has 0 saturated carbocycles. The number of benzene rings is 1. The largest absolute Gasteiger partial charge is 0.342 e. The molecule has 3 heterocycles. The van der Waals surface area contributed by atoms with E-state index in [9.17, 15) is 14.0 Å². The first-order valence-electron chi connectivity index (χ1n) is 9.52. The van der Waals surface area contributed by atoms with Crippen LogP contribution in [-0.4, -0.2) is 44.5 Å². The quantitative estimate of drug-likeness (QED) is 0.561. The van der Waals surface area contributed by atoms with Gasteiger partial charge in [0.05, 0.1) is 22.0 Å². The molecule has 1 saturated heterocycles. The van der Waals surface area contributed by atoms with Crippen LogP contribution in [0.1, 0.15) is 31.9 Å². The van der Waals surface area contributed by atoms with Crippen LogP contribution in [0.2, 0.25) is 0 Å². The van der Waals surface area contributed by atoms with Gasteiger partial charge in [0.1, 0.15) is 5.82 Å². The Hall–Kier alpha value is -1.80. The zero-order chi connectivity index (χ0) is 19.7. The third kappa shape index (κ3) is 3.98. The predicted octanol–water partition coefficient (Wildman–Crippen LogP) is 3.51. The highest BCUT2D eigenvalue weighted by atomic mass is 32.2. The molecule has 1 aromatic carbocycles. The third-order valence-electron chi connectivity index (χ3n) is 5.00. The molecule has 0 bridgehead atoms. The van der Waals surface area contributed by atoms with Gasteiger partial charge in [0.2, 0.25) is 5.91 Å². The SMILES string of the molecule is CC1Cc2nc(SCC(=O)N3CCCCC3)n(-c3ccc(F)cc3)c(=O)c2S1. The summed E-state index contributed by atoms with van der Waals surface area (Å²) < 4.78 is 14.9. The lowest BCUT2D eigenvalue weighted by Crippen LogP contribution is -2.37. The Kier molecular flexibility index (Phi) is 5.78. The van der Waals surface area contributed by atoms with Crippen LogP contribution in [0.5, 0.6) is 0 Å². The fourth-order valence-electron chi connectivity index (χ4n) is 3.58. The second-order valence-corrected chi connectivity index (χ2v) is 9.54. The number of hydrogen-bond acceptors (Lipinski definition) is 5. The fraction of sp³-hybridized carbons (Fsp3) is 0.450. The summed E-state index contributed by atoms with van der Waals surface area (Å²) in [5, 5.41) is 0.794. The highest BCUT2D eigenvalue weighted by Gasteiger charge is 2.27. The van der Waals surface area contributed by atoms with Gasteiger partial charge in [-0.15, -0.1) is 11.8 Å². The van der Waals surface area contributed by atoms with E-state index in [-0.39, 0.29) is 23.0 Å². The van der Waals surface area contributed by atoms with Gasteiger partial charge < -0.3 is 4.90 Å². The molecule has 2 aliphatic rings. The number of piperidine rings is 1. The van der Waals surface area contributed by atoms with Gasteiger partial charge in [-0.05, 0) is 43.5 Å². The van der Waals surface area contributed by atoms with Gasteiger partial charge in [-0.2, -0.15) is 0 Å². The molecule has 4 rings (SSSR count). The number of amides is 1. The molecular weight excluding hydrogens is 397 g/mol. The highest BCUT2D eigenvalue weighted by Crippen LogP contribution is 2.35. The summed E-state index contributed by atoms with van der Waals surface area (Å²) in [4.78, 5) is 33.0. The van der Waals surface area contributed by atoms with Crippen LogP contribution in [0.15, 0.2) is 39.1 Å². The molecular formula is C20H22FN3O2S2. The van der Waals surface area contributed by atoms with E-state index in [2.05, 4.69) is 6.92 Å². The average Bonchev–Trinajstić information content (AvgIpc) is 3.08. The molecule has 0 N–H and O–H groups in total. The summed E-state index contributed by atoms with van der Waals surface area (Å²) in [5.41, 5.74) is 1.22. The smallest absolute Gasteiger partial charge is 0.272 e. The molecule has 8 heteroatoms. The maximum absolute atomic E-state index is 13.4. The van der Waals surface area contributed by atoms with E-state index in [0.717, 1.165) is 38.0 Å². The highest BCUT2D eigenvalue weighted by molar-refractivity contribution is 8.00. The predicted molar refractivity (Wildman–Crippen MR) is 110 cm³/mol. The van der Waals surface area contributed by atoms with Gasteiger partial charge in [0.25, 0.3) is 5.56 Å². The van der Waals surface area contributed by atoms with Gasteiger partial charge >= 0.3 is 0 Å². The Bertz CT molecular complexity index is 940. The molecule has 0 spiro atoms. The van der Waals surface area contributed by atoms with Gasteiger partial charge in [-0.3, -0.25) is 14.2 Å². The Morgan fingerprint density at radius 3 is 2.68 bits per heavy atom. The second-order valence-electron chi connectivity index (χ2n) is 7.15. The monoisotopic (exact) mass is 419 g/mol. The maximum Gasteiger partial charge on any atom is 0.272 e. The summed E-state index contributed by atoms with van der Waals surface area (Å²) in [7, 11) is 0. The number of carbonyl (C=O) groups is 1. The van der Waals surface area contributed by atoms with Crippen molar-refractivity contribution >= 4 is 29.4 Å². The van der Waals surface area contributed by atoms with E-state index in [0.29, 0.717) is 21.0 Å². The van der Waals surface area contributed by atoms with Crippen LogP contribution in [0.25, 0.3) is 5.69 Å². The Labute approximate surface area is 171 Å². The zero-order valence-electron chi connectivity index (χ0n) is 15.7. The number of thioether (sulfide) groups is 2. The lowest BCUT2D eigenvalue weighted by molar-refractivity contribution is -0.129. The minimum absolute atomic E-state index is 0.0767. The molecule has 1 atom stereocenters. The van der Waals surface area contributed by atoms with Crippen LogP contribution < -0.4 is 5.56 Å². The molecule has 28 heavy (non-hydrogen) atoms. The van der Waals surface area contributed by atoms with Gasteiger partial charge in [0.15, 0.2) is 5.16 Å². The molecule has 2 aromatic rings. The van der Waals surface area contributed by atoms with Crippen LogP contribution in [0.4, 0.5) is 4.39 Å². The number of hydrogen-bond donors (Lipinski definition) is 0. The molecule has 0 radical (unpaired) electrons. The first-order chi connectivity index (χ1) is 13.5. The normalized spacial score (nSPS) is 18.9. The summed E-state index contributed by atoms with van der Waals surface area (Å²) >= 11 is 2.82. The van der Waals surface area contributed by atoms with E-state index in [1.807, 2.05) is 4.90 Å². The number of aromatic nitrogens is 2. The van der Waals surface area contributed by atoms with Crippen molar-refractivity contribution in [2.75, 3.05) is 18.8 Å². The van der Waals surface area contributed by atoms with Crippen molar-refractivity contribution in [3.8, 4) is 5.69 Å². The number of carbonyl (C=O) groups excluding carboxylic acids is 1.